The molecule has 5 heteroatoms. The Balaban J connectivity index is 1.94. The van der Waals surface area contributed by atoms with Crippen LogP contribution in [-0.4, -0.2) is 37.0 Å². The number of aliphatic hydroxyl groups is 1. The quantitative estimate of drug-likeness (QED) is 0.900. The number of rotatable bonds is 5. The van der Waals surface area contributed by atoms with E-state index in [0.29, 0.717) is 11.3 Å². The number of aliphatic hydroxyl groups excluding tert-OH is 1. The molecule has 0 radical (unpaired) electrons. The van der Waals surface area contributed by atoms with E-state index in [4.69, 9.17) is 5.11 Å². The maximum atomic E-state index is 12.7. The Morgan fingerprint density at radius 3 is 2.65 bits per heavy atom. The van der Waals surface area contributed by atoms with Crippen molar-refractivity contribution in [2.75, 3.05) is 13.2 Å². The van der Waals surface area contributed by atoms with Crippen molar-refractivity contribution in [3.8, 4) is 0 Å². The van der Waals surface area contributed by atoms with Gasteiger partial charge in [-0.3, -0.25) is 0 Å². The van der Waals surface area contributed by atoms with Gasteiger partial charge in [0.2, 0.25) is 10.0 Å². The van der Waals surface area contributed by atoms with Gasteiger partial charge < -0.3 is 5.11 Å². The Bertz CT molecular complexity index is 632. The Labute approximate surface area is 119 Å². The molecule has 20 heavy (non-hydrogen) atoms. The fourth-order valence-corrected chi connectivity index (χ4v) is 4.58. The number of nitrogens with zero attached hydrogens (tertiary/aromatic N) is 1. The first-order valence-corrected chi connectivity index (χ1v) is 8.48. The molecule has 1 saturated carbocycles. The average Bonchev–Trinajstić information content (AvgIpc) is 3.28. The molecule has 108 valence electrons. The van der Waals surface area contributed by atoms with Gasteiger partial charge in [0, 0.05) is 12.6 Å². The lowest BCUT2D eigenvalue weighted by atomic mass is 9.98. The number of fused-ring (bicyclic) bond motifs is 1. The van der Waals surface area contributed by atoms with Crippen LogP contribution in [-0.2, 0) is 16.4 Å². The number of hydrogen-bond donors (Lipinski definition) is 1. The molecule has 4 nitrogen and oxygen atoms in total. The van der Waals surface area contributed by atoms with Gasteiger partial charge in [0.05, 0.1) is 11.5 Å². The van der Waals surface area contributed by atoms with E-state index in [0.717, 1.165) is 24.8 Å². The van der Waals surface area contributed by atoms with Gasteiger partial charge in [-0.1, -0.05) is 24.3 Å². The molecule has 0 aliphatic heterocycles. The largest absolute Gasteiger partial charge is 0.395 e. The van der Waals surface area contributed by atoms with Gasteiger partial charge in [0.15, 0.2) is 0 Å². The average molecular weight is 293 g/mol. The van der Waals surface area contributed by atoms with Crippen molar-refractivity contribution >= 4 is 16.1 Å². The zero-order valence-corrected chi connectivity index (χ0v) is 12.1. The predicted molar refractivity (Wildman–Crippen MR) is 78.5 cm³/mol. The lowest BCUT2D eigenvalue weighted by Crippen LogP contribution is -2.36. The molecule has 0 unspecified atom stereocenters. The summed E-state index contributed by atoms with van der Waals surface area (Å²) in [5, 5.41) is 9.11. The summed E-state index contributed by atoms with van der Waals surface area (Å²) in [6.45, 7) is 0.0750. The highest BCUT2D eigenvalue weighted by atomic mass is 32.2. The highest BCUT2D eigenvalue weighted by Crippen LogP contribution is 2.35. The maximum Gasteiger partial charge on any atom is 0.239 e. The predicted octanol–water partition coefficient (Wildman–Crippen LogP) is 1.76. The molecule has 2 aliphatic carbocycles. The van der Waals surface area contributed by atoms with E-state index < -0.39 is 10.0 Å². The molecule has 1 aromatic rings. The number of benzene rings is 1. The standard InChI is InChI=1S/C15H19NO3S/c17-10-9-16(14-6-7-14)20(18,19)15-8-5-12-3-1-2-4-13(12)11-15/h1-4,11,14,17H,5-10H2. The van der Waals surface area contributed by atoms with Crippen molar-refractivity contribution in [1.29, 1.82) is 0 Å². The Kier molecular flexibility index (Phi) is 3.67. The van der Waals surface area contributed by atoms with Crippen LogP contribution in [0.2, 0.25) is 0 Å². The minimum atomic E-state index is -3.43. The van der Waals surface area contributed by atoms with Crippen LogP contribution in [0.4, 0.5) is 0 Å². The van der Waals surface area contributed by atoms with E-state index in [1.807, 2.05) is 24.3 Å². The molecule has 0 heterocycles. The minimum Gasteiger partial charge on any atom is -0.395 e. The molecule has 2 aliphatic rings. The second-order valence-corrected chi connectivity index (χ2v) is 7.32. The van der Waals surface area contributed by atoms with Gasteiger partial charge in [-0.15, -0.1) is 0 Å². The summed E-state index contributed by atoms with van der Waals surface area (Å²) in [4.78, 5) is 0.483. The van der Waals surface area contributed by atoms with Crippen LogP contribution in [0.3, 0.4) is 0 Å². The Hall–Kier alpha value is -1.17. The monoisotopic (exact) mass is 293 g/mol. The third kappa shape index (κ3) is 2.53. The van der Waals surface area contributed by atoms with Gasteiger partial charge in [-0.05, 0) is 42.9 Å². The highest BCUT2D eigenvalue weighted by Gasteiger charge is 2.38. The van der Waals surface area contributed by atoms with Crippen LogP contribution in [0.1, 0.15) is 30.4 Å². The van der Waals surface area contributed by atoms with Gasteiger partial charge >= 0.3 is 0 Å². The van der Waals surface area contributed by atoms with Gasteiger partial charge in [-0.2, -0.15) is 4.31 Å². The first kappa shape index (κ1) is 13.8. The summed E-state index contributed by atoms with van der Waals surface area (Å²) >= 11 is 0. The Morgan fingerprint density at radius 1 is 1.20 bits per heavy atom. The number of aryl methyl sites for hydroxylation is 1. The highest BCUT2D eigenvalue weighted by molar-refractivity contribution is 7.93. The molecular weight excluding hydrogens is 274 g/mol. The summed E-state index contributed by atoms with van der Waals surface area (Å²) in [6, 6.07) is 8.00. The van der Waals surface area contributed by atoms with E-state index in [1.165, 1.54) is 9.87 Å². The van der Waals surface area contributed by atoms with E-state index >= 15 is 0 Å². The smallest absolute Gasteiger partial charge is 0.239 e. The Morgan fingerprint density at radius 2 is 1.95 bits per heavy atom. The van der Waals surface area contributed by atoms with Crippen molar-refractivity contribution in [3.63, 3.8) is 0 Å². The van der Waals surface area contributed by atoms with Crippen LogP contribution < -0.4 is 0 Å². The normalized spacial score (nSPS) is 18.8. The van der Waals surface area contributed by atoms with Crippen LogP contribution in [0, 0.1) is 0 Å². The molecule has 0 aromatic heterocycles. The molecule has 0 saturated heterocycles. The summed E-state index contributed by atoms with van der Waals surface area (Å²) in [6.07, 6.45) is 4.92. The van der Waals surface area contributed by atoms with E-state index in [-0.39, 0.29) is 19.2 Å². The number of allylic oxidation sites excluding steroid dienone is 1. The van der Waals surface area contributed by atoms with Gasteiger partial charge in [-0.25, -0.2) is 8.42 Å². The third-order valence-corrected chi connectivity index (χ3v) is 6.01. The molecule has 0 bridgehead atoms. The van der Waals surface area contributed by atoms with Crippen molar-refractivity contribution in [1.82, 2.24) is 4.31 Å². The fraction of sp³-hybridized carbons (Fsp3) is 0.467. The SMILES string of the molecule is O=S(=O)(C1=Cc2ccccc2CC1)N(CCO)C1CC1. The van der Waals surface area contributed by atoms with Crippen LogP contribution in [0.25, 0.3) is 6.08 Å². The molecule has 1 fully saturated rings. The van der Waals surface area contributed by atoms with Crippen molar-refractivity contribution in [3.05, 3.63) is 40.3 Å². The molecule has 0 amide bonds. The van der Waals surface area contributed by atoms with E-state index in [2.05, 4.69) is 0 Å². The zero-order chi connectivity index (χ0) is 14.2. The first-order valence-electron chi connectivity index (χ1n) is 7.04. The van der Waals surface area contributed by atoms with Crippen LogP contribution >= 0.6 is 0 Å². The van der Waals surface area contributed by atoms with Gasteiger partial charge in [0.25, 0.3) is 0 Å². The summed E-state index contributed by atoms with van der Waals surface area (Å²) < 4.78 is 26.9. The molecule has 0 spiro atoms. The minimum absolute atomic E-state index is 0.0882. The van der Waals surface area contributed by atoms with Crippen LogP contribution in [0.15, 0.2) is 29.2 Å². The van der Waals surface area contributed by atoms with E-state index in [9.17, 15) is 8.42 Å². The number of hydrogen-bond acceptors (Lipinski definition) is 3. The first-order chi connectivity index (χ1) is 9.63. The lowest BCUT2D eigenvalue weighted by molar-refractivity contribution is 0.251. The molecular formula is C15H19NO3S. The summed E-state index contributed by atoms with van der Waals surface area (Å²) in [5.74, 6) is 0. The fourth-order valence-electron chi connectivity index (χ4n) is 2.72. The van der Waals surface area contributed by atoms with Gasteiger partial charge in [0.1, 0.15) is 0 Å². The topological polar surface area (TPSA) is 57.6 Å². The molecule has 1 aromatic carbocycles. The van der Waals surface area contributed by atoms with Crippen molar-refractivity contribution in [2.45, 2.75) is 31.7 Å². The third-order valence-electron chi connectivity index (χ3n) is 3.93. The zero-order valence-electron chi connectivity index (χ0n) is 11.3. The number of sulfonamides is 1. The van der Waals surface area contributed by atoms with E-state index in [1.54, 1.807) is 6.08 Å². The van der Waals surface area contributed by atoms with Crippen molar-refractivity contribution < 1.29 is 13.5 Å². The second kappa shape index (κ2) is 5.31. The molecule has 0 atom stereocenters. The summed E-state index contributed by atoms with van der Waals surface area (Å²) in [7, 11) is -3.43. The van der Waals surface area contributed by atoms with Crippen LogP contribution in [0.5, 0.6) is 0 Å². The summed E-state index contributed by atoms with van der Waals surface area (Å²) in [5.41, 5.74) is 2.20. The molecule has 3 rings (SSSR count). The second-order valence-electron chi connectivity index (χ2n) is 5.38. The molecule has 1 N–H and O–H groups in total. The lowest BCUT2D eigenvalue weighted by Gasteiger charge is -2.24. The maximum absolute atomic E-state index is 12.7. The van der Waals surface area contributed by atoms with Crippen molar-refractivity contribution in [2.24, 2.45) is 0 Å².